The van der Waals surface area contributed by atoms with Crippen LogP contribution in [0.2, 0.25) is 0 Å². The normalized spacial score (nSPS) is 16.1. The molecule has 0 heteroatoms. The van der Waals surface area contributed by atoms with Gasteiger partial charge in [0.1, 0.15) is 0 Å². The van der Waals surface area contributed by atoms with Crippen LogP contribution in [-0.4, -0.2) is 0 Å². The quantitative estimate of drug-likeness (QED) is 0.620. The molecule has 0 saturated heterocycles. The van der Waals surface area contributed by atoms with Crippen molar-refractivity contribution in [3.63, 3.8) is 0 Å². The average Bonchev–Trinajstić information content (AvgIpc) is 3.10. The molecular weight excluding hydrogens is 192 g/mol. The summed E-state index contributed by atoms with van der Waals surface area (Å²) in [4.78, 5) is 0. The van der Waals surface area contributed by atoms with E-state index in [9.17, 15) is 0 Å². The van der Waals surface area contributed by atoms with Gasteiger partial charge in [-0.2, -0.15) is 0 Å². The third-order valence-corrected chi connectivity index (χ3v) is 3.77. The van der Waals surface area contributed by atoms with Crippen LogP contribution in [0.1, 0.15) is 48.9 Å². The van der Waals surface area contributed by atoms with E-state index in [1.807, 2.05) is 13.8 Å². The summed E-state index contributed by atoms with van der Waals surface area (Å²) in [7, 11) is 0. The minimum Gasteiger partial charge on any atom is -0.102 e. The fraction of sp³-hybridized carbons (Fsp3) is 0.500. The van der Waals surface area contributed by atoms with Gasteiger partial charge in [0.25, 0.3) is 0 Å². The summed E-state index contributed by atoms with van der Waals surface area (Å²) in [6.45, 7) is 14.6. The van der Waals surface area contributed by atoms with Crippen molar-refractivity contribution in [2.45, 2.75) is 52.9 Å². The van der Waals surface area contributed by atoms with Gasteiger partial charge in [-0.15, -0.1) is 6.58 Å². The maximum Gasteiger partial charge on any atom is 0.0133 e. The zero-order valence-corrected chi connectivity index (χ0v) is 11.4. The second kappa shape index (κ2) is 4.86. The first-order valence-electron chi connectivity index (χ1n) is 6.31. The number of allylic oxidation sites excluding steroid dienone is 1. The van der Waals surface area contributed by atoms with Crippen LogP contribution >= 0.6 is 0 Å². The van der Waals surface area contributed by atoms with E-state index < -0.39 is 0 Å². The SMILES string of the molecule is C=CC1(c2ccc(C)c(C)c2C)CC1.CC. The molecule has 1 aliphatic rings. The number of benzene rings is 1. The Morgan fingerprint density at radius 1 is 1.06 bits per heavy atom. The van der Waals surface area contributed by atoms with E-state index in [-0.39, 0.29) is 0 Å². The summed E-state index contributed by atoms with van der Waals surface area (Å²) >= 11 is 0. The largest absolute Gasteiger partial charge is 0.102 e. The molecule has 1 aromatic rings. The highest BCUT2D eigenvalue weighted by Gasteiger charge is 2.42. The summed E-state index contributed by atoms with van der Waals surface area (Å²) in [5.74, 6) is 0. The zero-order valence-electron chi connectivity index (χ0n) is 11.4. The number of rotatable bonds is 2. The fourth-order valence-electron chi connectivity index (χ4n) is 2.21. The van der Waals surface area contributed by atoms with Crippen LogP contribution in [0.15, 0.2) is 24.8 Å². The van der Waals surface area contributed by atoms with Crippen molar-refractivity contribution < 1.29 is 0 Å². The van der Waals surface area contributed by atoms with E-state index in [1.54, 1.807) is 0 Å². The molecule has 0 unspecified atom stereocenters. The van der Waals surface area contributed by atoms with Gasteiger partial charge in [0.15, 0.2) is 0 Å². The van der Waals surface area contributed by atoms with Crippen LogP contribution in [0.5, 0.6) is 0 Å². The van der Waals surface area contributed by atoms with Gasteiger partial charge in [-0.05, 0) is 55.9 Å². The second-order valence-corrected chi connectivity index (χ2v) is 4.54. The van der Waals surface area contributed by atoms with Gasteiger partial charge in [0.2, 0.25) is 0 Å². The average molecular weight is 216 g/mol. The molecule has 88 valence electrons. The summed E-state index contributed by atoms with van der Waals surface area (Å²) < 4.78 is 0. The van der Waals surface area contributed by atoms with Gasteiger partial charge in [-0.25, -0.2) is 0 Å². The number of hydrogen-bond donors (Lipinski definition) is 0. The first kappa shape index (κ1) is 13.0. The molecule has 0 nitrogen and oxygen atoms in total. The summed E-state index contributed by atoms with van der Waals surface area (Å²) in [5, 5.41) is 0. The predicted molar refractivity (Wildman–Crippen MR) is 73.1 cm³/mol. The first-order chi connectivity index (χ1) is 7.60. The molecule has 16 heavy (non-hydrogen) atoms. The van der Waals surface area contributed by atoms with E-state index in [1.165, 1.54) is 35.1 Å². The standard InChI is InChI=1S/C14H18.C2H6/c1-5-14(8-9-14)13-7-6-10(2)11(3)12(13)4;1-2/h5-7H,1,8-9H2,2-4H3;1-2H3. The highest BCUT2D eigenvalue weighted by Crippen LogP contribution is 2.50. The first-order valence-corrected chi connectivity index (χ1v) is 6.31. The van der Waals surface area contributed by atoms with Crippen molar-refractivity contribution in [3.8, 4) is 0 Å². The molecule has 0 amide bonds. The van der Waals surface area contributed by atoms with E-state index >= 15 is 0 Å². The molecule has 2 rings (SSSR count). The van der Waals surface area contributed by atoms with Crippen molar-refractivity contribution in [2.24, 2.45) is 0 Å². The molecular formula is C16H24. The van der Waals surface area contributed by atoms with Gasteiger partial charge in [0, 0.05) is 5.41 Å². The minimum atomic E-state index is 0.322. The molecule has 0 N–H and O–H groups in total. The minimum absolute atomic E-state index is 0.322. The molecule has 0 spiro atoms. The molecule has 1 fully saturated rings. The van der Waals surface area contributed by atoms with Crippen LogP contribution in [0.25, 0.3) is 0 Å². The van der Waals surface area contributed by atoms with Gasteiger partial charge in [-0.3, -0.25) is 0 Å². The van der Waals surface area contributed by atoms with Crippen molar-refractivity contribution in [2.75, 3.05) is 0 Å². The van der Waals surface area contributed by atoms with Gasteiger partial charge in [-0.1, -0.05) is 32.1 Å². The van der Waals surface area contributed by atoms with Crippen molar-refractivity contribution in [3.05, 3.63) is 47.0 Å². The van der Waals surface area contributed by atoms with E-state index in [0.717, 1.165) is 0 Å². The third kappa shape index (κ3) is 2.07. The van der Waals surface area contributed by atoms with E-state index in [0.29, 0.717) is 5.41 Å². The second-order valence-electron chi connectivity index (χ2n) is 4.54. The predicted octanol–water partition coefficient (Wildman–Crippen LogP) is 4.86. The summed E-state index contributed by atoms with van der Waals surface area (Å²) in [6.07, 6.45) is 4.68. The molecule has 1 aromatic carbocycles. The van der Waals surface area contributed by atoms with Crippen molar-refractivity contribution in [1.29, 1.82) is 0 Å². The fourth-order valence-corrected chi connectivity index (χ4v) is 2.21. The lowest BCUT2D eigenvalue weighted by atomic mass is 9.88. The van der Waals surface area contributed by atoms with Crippen LogP contribution in [-0.2, 0) is 5.41 Å². The zero-order chi connectivity index (χ0) is 12.3. The Morgan fingerprint density at radius 3 is 2.06 bits per heavy atom. The molecule has 0 aromatic heterocycles. The highest BCUT2D eigenvalue weighted by molar-refractivity contribution is 5.47. The van der Waals surface area contributed by atoms with Crippen LogP contribution in [0.4, 0.5) is 0 Å². The Morgan fingerprint density at radius 2 is 1.62 bits per heavy atom. The van der Waals surface area contributed by atoms with E-state index in [4.69, 9.17) is 0 Å². The maximum absolute atomic E-state index is 3.96. The molecule has 1 saturated carbocycles. The lowest BCUT2D eigenvalue weighted by molar-refractivity contribution is 0.876. The Balaban J connectivity index is 0.000000606. The highest BCUT2D eigenvalue weighted by atomic mass is 14.5. The Bertz CT molecular complexity index is 381. The third-order valence-electron chi connectivity index (χ3n) is 3.77. The van der Waals surface area contributed by atoms with Crippen LogP contribution in [0, 0.1) is 20.8 Å². The lowest BCUT2D eigenvalue weighted by Crippen LogP contribution is -2.06. The van der Waals surface area contributed by atoms with Crippen molar-refractivity contribution >= 4 is 0 Å². The number of aryl methyl sites for hydroxylation is 1. The molecule has 0 heterocycles. The molecule has 0 atom stereocenters. The Hall–Kier alpha value is -1.04. The Kier molecular flexibility index (Phi) is 3.96. The topological polar surface area (TPSA) is 0 Å². The lowest BCUT2D eigenvalue weighted by Gasteiger charge is -2.17. The van der Waals surface area contributed by atoms with Gasteiger partial charge >= 0.3 is 0 Å². The number of hydrogen-bond acceptors (Lipinski definition) is 0. The maximum atomic E-state index is 3.96. The van der Waals surface area contributed by atoms with Crippen LogP contribution in [0.3, 0.4) is 0 Å². The monoisotopic (exact) mass is 216 g/mol. The van der Waals surface area contributed by atoms with Gasteiger partial charge < -0.3 is 0 Å². The summed E-state index contributed by atoms with van der Waals surface area (Å²) in [5.41, 5.74) is 6.11. The van der Waals surface area contributed by atoms with E-state index in [2.05, 4.69) is 45.6 Å². The smallest absolute Gasteiger partial charge is 0.0133 e. The Labute approximate surface area is 100 Å². The molecule has 0 bridgehead atoms. The van der Waals surface area contributed by atoms with Crippen molar-refractivity contribution in [1.82, 2.24) is 0 Å². The summed E-state index contributed by atoms with van der Waals surface area (Å²) in [6, 6.07) is 4.52. The van der Waals surface area contributed by atoms with Gasteiger partial charge in [0.05, 0.1) is 0 Å². The molecule has 1 aliphatic carbocycles. The molecule has 0 aliphatic heterocycles. The van der Waals surface area contributed by atoms with Crippen LogP contribution < -0.4 is 0 Å². The molecule has 0 radical (unpaired) electrons.